The molecule has 7 nitrogen and oxygen atoms in total. The Bertz CT molecular complexity index is 766. The van der Waals surface area contributed by atoms with Crippen LogP contribution in [-0.4, -0.2) is 53.3 Å². The lowest BCUT2D eigenvalue weighted by Crippen LogP contribution is -2.50. The molecule has 0 aliphatic carbocycles. The molecule has 0 amide bonds. The van der Waals surface area contributed by atoms with E-state index in [4.69, 9.17) is 14.5 Å². The van der Waals surface area contributed by atoms with E-state index in [9.17, 15) is 4.79 Å². The van der Waals surface area contributed by atoms with Crippen LogP contribution in [0.1, 0.15) is 18.2 Å². The molecule has 3 rings (SSSR count). The second-order valence-corrected chi connectivity index (χ2v) is 6.18. The summed E-state index contributed by atoms with van der Waals surface area (Å²) < 4.78 is 10.5. The van der Waals surface area contributed by atoms with E-state index in [1.54, 1.807) is 12.4 Å². The fourth-order valence-corrected chi connectivity index (χ4v) is 2.94. The Morgan fingerprint density at radius 2 is 1.96 bits per heavy atom. The number of carbonyl (C=O) groups is 1. The van der Waals surface area contributed by atoms with Crippen molar-refractivity contribution in [3.63, 3.8) is 0 Å². The summed E-state index contributed by atoms with van der Waals surface area (Å²) in [4.78, 5) is 27.4. The average molecular weight is 342 g/mol. The van der Waals surface area contributed by atoms with Gasteiger partial charge in [0.05, 0.1) is 19.8 Å². The third-order valence-electron chi connectivity index (χ3n) is 4.33. The van der Waals surface area contributed by atoms with Gasteiger partial charge in [0.25, 0.3) is 0 Å². The summed E-state index contributed by atoms with van der Waals surface area (Å²) in [6.45, 7) is 6.96. The maximum Gasteiger partial charge on any atom is 0.336 e. The van der Waals surface area contributed by atoms with Crippen molar-refractivity contribution in [3.8, 4) is 11.4 Å². The van der Waals surface area contributed by atoms with E-state index in [-0.39, 0.29) is 12.1 Å². The van der Waals surface area contributed by atoms with E-state index in [0.717, 1.165) is 22.6 Å². The van der Waals surface area contributed by atoms with Gasteiger partial charge in [-0.15, -0.1) is 0 Å². The molecule has 0 bridgehead atoms. The lowest BCUT2D eigenvalue weighted by molar-refractivity contribution is -0.158. The van der Waals surface area contributed by atoms with Gasteiger partial charge in [-0.2, -0.15) is 0 Å². The summed E-state index contributed by atoms with van der Waals surface area (Å²) in [6, 6.07) is 3.76. The molecule has 2 aromatic rings. The molecular weight excluding hydrogens is 320 g/mol. The molecule has 2 aromatic heterocycles. The molecule has 1 aliphatic rings. The van der Waals surface area contributed by atoms with Gasteiger partial charge in [-0.25, -0.2) is 14.8 Å². The highest BCUT2D eigenvalue weighted by molar-refractivity contribution is 5.76. The summed E-state index contributed by atoms with van der Waals surface area (Å²) >= 11 is 0. The van der Waals surface area contributed by atoms with E-state index >= 15 is 0 Å². The molecule has 1 aliphatic heterocycles. The largest absolute Gasteiger partial charge is 0.467 e. The number of rotatable bonds is 3. The van der Waals surface area contributed by atoms with Crippen LogP contribution >= 0.6 is 0 Å². The van der Waals surface area contributed by atoms with Crippen LogP contribution in [-0.2, 0) is 14.3 Å². The van der Waals surface area contributed by atoms with Crippen molar-refractivity contribution >= 4 is 11.8 Å². The summed E-state index contributed by atoms with van der Waals surface area (Å²) in [5, 5.41) is 0. The van der Waals surface area contributed by atoms with Gasteiger partial charge in [0.15, 0.2) is 11.9 Å². The Labute approximate surface area is 147 Å². The molecule has 1 saturated heterocycles. The average Bonchev–Trinajstić information content (AvgIpc) is 2.63. The summed E-state index contributed by atoms with van der Waals surface area (Å²) in [5.74, 6) is 1.10. The number of aromatic nitrogens is 3. The maximum absolute atomic E-state index is 11.9. The molecule has 0 spiro atoms. The van der Waals surface area contributed by atoms with Crippen molar-refractivity contribution in [2.45, 2.75) is 33.0 Å². The molecule has 7 heteroatoms. The van der Waals surface area contributed by atoms with Crippen molar-refractivity contribution in [2.24, 2.45) is 0 Å². The Hall–Kier alpha value is -2.54. The predicted molar refractivity (Wildman–Crippen MR) is 93.3 cm³/mol. The lowest BCUT2D eigenvalue weighted by Gasteiger charge is -2.37. The van der Waals surface area contributed by atoms with Gasteiger partial charge in [-0.1, -0.05) is 0 Å². The quantitative estimate of drug-likeness (QED) is 0.789. The second-order valence-electron chi connectivity index (χ2n) is 6.18. The van der Waals surface area contributed by atoms with E-state index < -0.39 is 6.10 Å². The van der Waals surface area contributed by atoms with Crippen molar-refractivity contribution in [2.75, 3.05) is 25.1 Å². The minimum absolute atomic E-state index is 0.100. The first-order chi connectivity index (χ1) is 12.0. The van der Waals surface area contributed by atoms with E-state index in [1.165, 1.54) is 7.11 Å². The Balaban J connectivity index is 1.98. The zero-order chi connectivity index (χ0) is 18.0. The Morgan fingerprint density at radius 3 is 2.64 bits per heavy atom. The van der Waals surface area contributed by atoms with Crippen molar-refractivity contribution < 1.29 is 14.3 Å². The topological polar surface area (TPSA) is 77.4 Å². The number of esters is 1. The maximum atomic E-state index is 11.9. The molecule has 3 heterocycles. The molecule has 132 valence electrons. The van der Waals surface area contributed by atoms with Crippen LogP contribution in [0.3, 0.4) is 0 Å². The fraction of sp³-hybridized carbons (Fsp3) is 0.444. The number of carbonyl (C=O) groups excluding carboxylic acids is 1. The second kappa shape index (κ2) is 7.14. The van der Waals surface area contributed by atoms with E-state index in [2.05, 4.69) is 14.9 Å². The van der Waals surface area contributed by atoms with Crippen LogP contribution in [0.2, 0.25) is 0 Å². The van der Waals surface area contributed by atoms with E-state index in [0.29, 0.717) is 18.9 Å². The number of anilines is 1. The van der Waals surface area contributed by atoms with Crippen LogP contribution in [0, 0.1) is 13.8 Å². The lowest BCUT2D eigenvalue weighted by atomic mass is 10.1. The number of ether oxygens (including phenoxy) is 2. The first kappa shape index (κ1) is 17.3. The van der Waals surface area contributed by atoms with Gasteiger partial charge in [0.1, 0.15) is 5.82 Å². The number of morpholine rings is 1. The van der Waals surface area contributed by atoms with Crippen LogP contribution in [0.25, 0.3) is 11.4 Å². The molecule has 25 heavy (non-hydrogen) atoms. The predicted octanol–water partition coefficient (Wildman–Crippen LogP) is 1.92. The van der Waals surface area contributed by atoms with Gasteiger partial charge in [-0.05, 0) is 32.9 Å². The van der Waals surface area contributed by atoms with Crippen molar-refractivity contribution in [1.82, 2.24) is 15.0 Å². The number of hydrogen-bond acceptors (Lipinski definition) is 7. The summed E-state index contributed by atoms with van der Waals surface area (Å²) in [7, 11) is 1.37. The molecular formula is C18H22N4O3. The number of aryl methyl sites for hydroxylation is 1. The smallest absolute Gasteiger partial charge is 0.336 e. The highest BCUT2D eigenvalue weighted by Crippen LogP contribution is 2.27. The third kappa shape index (κ3) is 3.61. The zero-order valence-electron chi connectivity index (χ0n) is 14.9. The number of methoxy groups -OCH3 is 1. The highest BCUT2D eigenvalue weighted by Gasteiger charge is 2.32. The van der Waals surface area contributed by atoms with Crippen LogP contribution < -0.4 is 4.90 Å². The normalized spacial score (nSPS) is 20.4. The molecule has 0 aromatic carbocycles. The molecule has 0 saturated carbocycles. The van der Waals surface area contributed by atoms with E-state index in [1.807, 2.05) is 32.9 Å². The monoisotopic (exact) mass is 342 g/mol. The minimum atomic E-state index is -0.618. The molecule has 0 radical (unpaired) electrons. The molecule has 1 unspecified atom stereocenters. The summed E-state index contributed by atoms with van der Waals surface area (Å²) in [6.07, 6.45) is 2.72. The standard InChI is InChI=1S/C18H22N4O3/c1-11-9-22(10-15(25-11)18(23)24-4)17-12(2)13(3)20-16(21-17)14-5-7-19-8-6-14/h5-8,11,15H,9-10H2,1-4H3/t11-,15?/m1/s1. The number of hydrogen-bond donors (Lipinski definition) is 0. The zero-order valence-corrected chi connectivity index (χ0v) is 14.9. The first-order valence-corrected chi connectivity index (χ1v) is 8.23. The van der Waals surface area contributed by atoms with Gasteiger partial charge >= 0.3 is 5.97 Å². The third-order valence-corrected chi connectivity index (χ3v) is 4.33. The van der Waals surface area contributed by atoms with Crippen LogP contribution in [0.4, 0.5) is 5.82 Å². The van der Waals surface area contributed by atoms with Gasteiger partial charge in [0.2, 0.25) is 0 Å². The van der Waals surface area contributed by atoms with Crippen LogP contribution in [0.15, 0.2) is 24.5 Å². The van der Waals surface area contributed by atoms with Crippen molar-refractivity contribution in [3.05, 3.63) is 35.8 Å². The van der Waals surface area contributed by atoms with Gasteiger partial charge < -0.3 is 14.4 Å². The fourth-order valence-electron chi connectivity index (χ4n) is 2.94. The van der Waals surface area contributed by atoms with Gasteiger partial charge in [-0.3, -0.25) is 4.98 Å². The van der Waals surface area contributed by atoms with Crippen molar-refractivity contribution in [1.29, 1.82) is 0 Å². The highest BCUT2D eigenvalue weighted by atomic mass is 16.6. The number of nitrogens with zero attached hydrogens (tertiary/aromatic N) is 4. The molecule has 1 fully saturated rings. The Morgan fingerprint density at radius 1 is 1.24 bits per heavy atom. The molecule has 0 N–H and O–H groups in total. The Kier molecular flexibility index (Phi) is 4.94. The minimum Gasteiger partial charge on any atom is -0.467 e. The molecule has 2 atom stereocenters. The SMILES string of the molecule is COC(=O)C1CN(c2nc(-c3ccncc3)nc(C)c2C)C[C@@H](C)O1. The first-order valence-electron chi connectivity index (χ1n) is 8.23. The van der Waals surface area contributed by atoms with Crippen LogP contribution in [0.5, 0.6) is 0 Å². The van der Waals surface area contributed by atoms with Gasteiger partial charge in [0, 0.05) is 35.8 Å². The summed E-state index contributed by atoms with van der Waals surface area (Å²) in [5.41, 5.74) is 2.81. The number of pyridine rings is 1.